The van der Waals surface area contributed by atoms with E-state index in [0.29, 0.717) is 5.56 Å². The summed E-state index contributed by atoms with van der Waals surface area (Å²) in [5.41, 5.74) is 3.66. The van der Waals surface area contributed by atoms with E-state index in [9.17, 15) is 14.7 Å². The number of carbonyl (C=O) groups is 2. The lowest BCUT2D eigenvalue weighted by Crippen LogP contribution is -2.49. The van der Waals surface area contributed by atoms with Crippen molar-refractivity contribution in [2.24, 2.45) is 5.73 Å². The lowest BCUT2D eigenvalue weighted by Gasteiger charge is -2.17. The Hall–Kier alpha value is -1.72. The van der Waals surface area contributed by atoms with Gasteiger partial charge in [-0.15, -0.1) is 0 Å². The molecular weight excluding hydrogens is 222 g/mol. The fraction of sp³-hybridized carbons (Fsp3) is 0.333. The molecule has 0 aliphatic carbocycles. The number of Topliss-reactive ketones (excluding diaryl/α,β-unsaturated/α-hetero) is 1. The summed E-state index contributed by atoms with van der Waals surface area (Å²) in [6.07, 6.45) is -0.0941. The Kier molecular flexibility index (Phi) is 6.09. The molecule has 1 atom stereocenters. The van der Waals surface area contributed by atoms with Crippen molar-refractivity contribution in [3.8, 4) is 0 Å². The number of carbonyl (C=O) groups excluding carboxylic acids is 1. The molecule has 1 aromatic carbocycles. The molecular formula is C12H17NO4. The number of benzene rings is 1. The maximum Gasteiger partial charge on any atom is 0.351 e. The molecule has 0 bridgehead atoms. The number of aliphatic hydroxyl groups is 1. The van der Waals surface area contributed by atoms with Gasteiger partial charge in [-0.1, -0.05) is 30.3 Å². The summed E-state index contributed by atoms with van der Waals surface area (Å²) in [6.45, 7) is 3.06. The van der Waals surface area contributed by atoms with Crippen LogP contribution in [0.1, 0.15) is 19.4 Å². The van der Waals surface area contributed by atoms with Gasteiger partial charge in [-0.3, -0.25) is 5.73 Å². The number of rotatable bonds is 3. The summed E-state index contributed by atoms with van der Waals surface area (Å²) in [4.78, 5) is 19.9. The van der Waals surface area contributed by atoms with Crippen LogP contribution in [0.25, 0.3) is 0 Å². The lowest BCUT2D eigenvalue weighted by molar-refractivity contribution is -0.157. The molecule has 0 saturated carbocycles. The van der Waals surface area contributed by atoms with E-state index >= 15 is 0 Å². The van der Waals surface area contributed by atoms with Gasteiger partial charge in [-0.05, 0) is 19.4 Å². The molecule has 0 aliphatic rings. The van der Waals surface area contributed by atoms with Gasteiger partial charge >= 0.3 is 5.97 Å². The van der Waals surface area contributed by atoms with Crippen LogP contribution in [0.2, 0.25) is 0 Å². The highest BCUT2D eigenvalue weighted by Crippen LogP contribution is 2.08. The molecule has 1 aromatic rings. The van der Waals surface area contributed by atoms with Gasteiger partial charge in [0.15, 0.2) is 0 Å². The van der Waals surface area contributed by atoms with Gasteiger partial charge in [-0.2, -0.15) is 0 Å². The minimum Gasteiger partial charge on any atom is -0.478 e. The van der Waals surface area contributed by atoms with Crippen molar-refractivity contribution >= 4 is 11.8 Å². The normalized spacial score (nSPS) is 12.9. The molecule has 5 nitrogen and oxygen atoms in total. The quantitative estimate of drug-likeness (QED) is 0.669. The Morgan fingerprint density at radius 2 is 1.65 bits per heavy atom. The van der Waals surface area contributed by atoms with Crippen molar-refractivity contribution in [2.75, 3.05) is 0 Å². The predicted octanol–water partition coefficient (Wildman–Crippen LogP) is 0.556. The fourth-order valence-electron chi connectivity index (χ4n) is 0.983. The second-order valence-electron chi connectivity index (χ2n) is 3.80. The molecule has 0 spiro atoms. The standard InChI is InChI=1S/C9H11NO3.C3H6O/c10-9(13,8(11)12)6-7-4-2-1-3-5-7;1-3(2)4/h1-5,13H,6,10H2,(H,11,12);1-2H3. The zero-order valence-electron chi connectivity index (χ0n) is 9.88. The molecule has 4 N–H and O–H groups in total. The first kappa shape index (κ1) is 15.3. The van der Waals surface area contributed by atoms with Crippen molar-refractivity contribution in [3.63, 3.8) is 0 Å². The molecule has 0 amide bonds. The van der Waals surface area contributed by atoms with Crippen molar-refractivity contribution in [2.45, 2.75) is 26.0 Å². The van der Waals surface area contributed by atoms with Crippen LogP contribution >= 0.6 is 0 Å². The third kappa shape index (κ3) is 7.21. The number of hydrogen-bond acceptors (Lipinski definition) is 4. The molecule has 0 fully saturated rings. The van der Waals surface area contributed by atoms with Gasteiger partial charge in [0.2, 0.25) is 5.72 Å². The minimum atomic E-state index is -2.18. The van der Waals surface area contributed by atoms with E-state index in [2.05, 4.69) is 0 Å². The molecule has 1 rings (SSSR count). The number of hydrogen-bond donors (Lipinski definition) is 3. The molecule has 94 valence electrons. The minimum absolute atomic E-state index is 0.0941. The summed E-state index contributed by atoms with van der Waals surface area (Å²) in [5, 5.41) is 17.8. The average molecular weight is 239 g/mol. The largest absolute Gasteiger partial charge is 0.478 e. The SMILES string of the molecule is CC(C)=O.NC(O)(Cc1ccccc1)C(=O)O. The van der Waals surface area contributed by atoms with Crippen molar-refractivity contribution < 1.29 is 19.8 Å². The Bertz CT molecular complexity index is 369. The van der Waals surface area contributed by atoms with Gasteiger partial charge in [-0.25, -0.2) is 4.79 Å². The second-order valence-corrected chi connectivity index (χ2v) is 3.80. The highest BCUT2D eigenvalue weighted by atomic mass is 16.4. The third-order valence-corrected chi connectivity index (χ3v) is 1.69. The maximum atomic E-state index is 10.5. The van der Waals surface area contributed by atoms with Crippen LogP contribution < -0.4 is 5.73 Å². The van der Waals surface area contributed by atoms with Crippen LogP contribution in [0.5, 0.6) is 0 Å². The molecule has 0 aromatic heterocycles. The van der Waals surface area contributed by atoms with Crippen LogP contribution in [-0.2, 0) is 16.0 Å². The molecule has 0 heterocycles. The van der Waals surface area contributed by atoms with E-state index in [4.69, 9.17) is 10.8 Å². The van der Waals surface area contributed by atoms with Crippen LogP contribution in [-0.4, -0.2) is 27.7 Å². The monoisotopic (exact) mass is 239 g/mol. The summed E-state index contributed by atoms with van der Waals surface area (Å²) in [6, 6.07) is 8.74. The summed E-state index contributed by atoms with van der Waals surface area (Å²) in [5.74, 6) is -1.25. The molecule has 17 heavy (non-hydrogen) atoms. The first-order valence-electron chi connectivity index (χ1n) is 5.01. The highest BCUT2D eigenvalue weighted by Gasteiger charge is 2.30. The van der Waals surface area contributed by atoms with E-state index in [0.717, 1.165) is 0 Å². The van der Waals surface area contributed by atoms with E-state index in [-0.39, 0.29) is 12.2 Å². The topological polar surface area (TPSA) is 101 Å². The first-order chi connectivity index (χ1) is 7.75. The maximum absolute atomic E-state index is 10.5. The smallest absolute Gasteiger partial charge is 0.351 e. The van der Waals surface area contributed by atoms with E-state index in [1.54, 1.807) is 30.3 Å². The number of carboxylic acids is 1. The average Bonchev–Trinajstić information content (AvgIpc) is 2.17. The van der Waals surface area contributed by atoms with Crippen LogP contribution in [0, 0.1) is 0 Å². The van der Waals surface area contributed by atoms with Crippen LogP contribution in [0.15, 0.2) is 30.3 Å². The molecule has 0 saturated heterocycles. The Labute approximate surface area is 99.9 Å². The number of aliphatic carboxylic acids is 1. The molecule has 1 unspecified atom stereocenters. The zero-order chi connectivity index (χ0) is 13.5. The predicted molar refractivity (Wildman–Crippen MR) is 63.3 cm³/mol. The highest BCUT2D eigenvalue weighted by molar-refractivity contribution is 5.76. The van der Waals surface area contributed by atoms with Gasteiger partial charge < -0.3 is 15.0 Å². The lowest BCUT2D eigenvalue weighted by atomic mass is 10.0. The van der Waals surface area contributed by atoms with E-state index in [1.165, 1.54) is 13.8 Å². The third-order valence-electron chi connectivity index (χ3n) is 1.69. The molecule has 5 heteroatoms. The van der Waals surface area contributed by atoms with Crippen molar-refractivity contribution in [1.82, 2.24) is 0 Å². The summed E-state index contributed by atoms with van der Waals surface area (Å²) < 4.78 is 0. The summed E-state index contributed by atoms with van der Waals surface area (Å²) in [7, 11) is 0. The van der Waals surface area contributed by atoms with Gasteiger partial charge in [0.25, 0.3) is 0 Å². The fourth-order valence-corrected chi connectivity index (χ4v) is 0.983. The Morgan fingerprint density at radius 1 is 1.24 bits per heavy atom. The van der Waals surface area contributed by atoms with Crippen LogP contribution in [0.3, 0.4) is 0 Å². The molecule has 0 radical (unpaired) electrons. The Balaban J connectivity index is 0.000000557. The zero-order valence-corrected chi connectivity index (χ0v) is 9.88. The molecule has 0 aliphatic heterocycles. The number of ketones is 1. The van der Waals surface area contributed by atoms with Crippen molar-refractivity contribution in [1.29, 1.82) is 0 Å². The van der Waals surface area contributed by atoms with Gasteiger partial charge in [0.05, 0.1) is 0 Å². The second kappa shape index (κ2) is 6.78. The van der Waals surface area contributed by atoms with E-state index in [1.807, 2.05) is 0 Å². The van der Waals surface area contributed by atoms with Gasteiger partial charge in [0, 0.05) is 6.42 Å². The number of nitrogens with two attached hydrogens (primary N) is 1. The first-order valence-corrected chi connectivity index (χ1v) is 5.01. The van der Waals surface area contributed by atoms with Gasteiger partial charge in [0.1, 0.15) is 5.78 Å². The Morgan fingerprint density at radius 3 is 2.00 bits per heavy atom. The van der Waals surface area contributed by atoms with Crippen molar-refractivity contribution in [3.05, 3.63) is 35.9 Å². The number of carboxylic acid groups (broad SMARTS) is 1. The summed E-state index contributed by atoms with van der Waals surface area (Å²) >= 11 is 0. The van der Waals surface area contributed by atoms with E-state index < -0.39 is 11.7 Å². The van der Waals surface area contributed by atoms with Crippen LogP contribution in [0.4, 0.5) is 0 Å².